The van der Waals surface area contributed by atoms with Crippen molar-refractivity contribution in [2.75, 3.05) is 19.8 Å². The number of allylic oxidation sites excluding steroid dienone is 17. The van der Waals surface area contributed by atoms with Gasteiger partial charge in [0, 0.05) is 6.42 Å². The van der Waals surface area contributed by atoms with Gasteiger partial charge < -0.3 is 65.1 Å². The summed E-state index contributed by atoms with van der Waals surface area (Å²) >= 11 is 0. The summed E-state index contributed by atoms with van der Waals surface area (Å²) in [4.78, 5) is 13.2. The molecule has 1 amide bonds. The van der Waals surface area contributed by atoms with Gasteiger partial charge in [-0.05, 0) is 83.5 Å². The fraction of sp³-hybridized carbons (Fsp3) is 0.683. The minimum atomic E-state index is -1.80. The molecule has 0 spiro atoms. The topological polar surface area (TPSA) is 228 Å². The second kappa shape index (κ2) is 44.7. The molecular formula is C60H99NO13. The Morgan fingerprint density at radius 1 is 0.500 bits per heavy atom. The van der Waals surface area contributed by atoms with Crippen LogP contribution < -0.4 is 5.32 Å². The molecule has 12 unspecified atom stereocenters. The van der Waals surface area contributed by atoms with Crippen LogP contribution >= 0.6 is 0 Å². The maximum atomic E-state index is 13.2. The number of ether oxygens (including phenoxy) is 4. The molecule has 422 valence electrons. The van der Waals surface area contributed by atoms with Crippen LogP contribution in [0.2, 0.25) is 0 Å². The summed E-state index contributed by atoms with van der Waals surface area (Å²) in [6.07, 6.45) is 45.5. The Morgan fingerprint density at radius 3 is 1.43 bits per heavy atom. The molecule has 14 heteroatoms. The number of hydrogen-bond acceptors (Lipinski definition) is 13. The number of aliphatic hydroxyl groups excluding tert-OH is 8. The van der Waals surface area contributed by atoms with Crippen molar-refractivity contribution in [1.29, 1.82) is 0 Å². The van der Waals surface area contributed by atoms with Crippen LogP contribution in [0, 0.1) is 0 Å². The molecule has 0 radical (unpaired) electrons. The zero-order valence-electron chi connectivity index (χ0n) is 45.0. The lowest BCUT2D eigenvalue weighted by Gasteiger charge is -2.46. The molecule has 2 rings (SSSR count). The van der Waals surface area contributed by atoms with Gasteiger partial charge in [0.2, 0.25) is 5.91 Å². The van der Waals surface area contributed by atoms with E-state index in [2.05, 4.69) is 116 Å². The van der Waals surface area contributed by atoms with Crippen LogP contribution in [0.15, 0.2) is 109 Å². The van der Waals surface area contributed by atoms with Crippen LogP contribution in [-0.4, -0.2) is 140 Å². The van der Waals surface area contributed by atoms with Crippen molar-refractivity contribution in [3.05, 3.63) is 109 Å². The molecule has 0 aromatic carbocycles. The quantitative estimate of drug-likeness (QED) is 0.0206. The molecule has 2 saturated heterocycles. The number of carbonyl (C=O) groups is 1. The molecule has 2 aliphatic rings. The van der Waals surface area contributed by atoms with Gasteiger partial charge in [0.05, 0.1) is 32.0 Å². The van der Waals surface area contributed by atoms with Crippen LogP contribution in [0.5, 0.6) is 0 Å². The zero-order valence-corrected chi connectivity index (χ0v) is 45.0. The molecule has 12 atom stereocenters. The average Bonchev–Trinajstić information content (AvgIpc) is 3.40. The molecule has 74 heavy (non-hydrogen) atoms. The van der Waals surface area contributed by atoms with Gasteiger partial charge in [-0.2, -0.15) is 0 Å². The second-order valence-corrected chi connectivity index (χ2v) is 19.3. The predicted molar refractivity (Wildman–Crippen MR) is 295 cm³/mol. The predicted octanol–water partition coefficient (Wildman–Crippen LogP) is 8.88. The minimum Gasteiger partial charge on any atom is -0.394 e. The van der Waals surface area contributed by atoms with E-state index in [1.165, 1.54) is 51.4 Å². The van der Waals surface area contributed by atoms with E-state index < -0.39 is 86.8 Å². The summed E-state index contributed by atoms with van der Waals surface area (Å²) in [6, 6.07) is -0.945. The monoisotopic (exact) mass is 1040 g/mol. The molecule has 14 nitrogen and oxygen atoms in total. The Labute approximate surface area is 445 Å². The molecule has 0 aromatic heterocycles. The van der Waals surface area contributed by atoms with E-state index in [-0.39, 0.29) is 18.9 Å². The summed E-state index contributed by atoms with van der Waals surface area (Å²) < 4.78 is 22.7. The van der Waals surface area contributed by atoms with Gasteiger partial charge in [-0.3, -0.25) is 4.79 Å². The third-order valence-electron chi connectivity index (χ3n) is 13.0. The summed E-state index contributed by atoms with van der Waals surface area (Å²) in [7, 11) is 0. The number of rotatable bonds is 42. The molecule has 2 aliphatic heterocycles. The Morgan fingerprint density at radius 2 is 0.932 bits per heavy atom. The second-order valence-electron chi connectivity index (χ2n) is 19.3. The first-order valence-electron chi connectivity index (χ1n) is 28.1. The minimum absolute atomic E-state index is 0.218. The summed E-state index contributed by atoms with van der Waals surface area (Å²) in [6.45, 7) is 2.62. The molecule has 2 heterocycles. The SMILES string of the molecule is CC/C=C\C/C=C\C/C=C\C/C=C\C/C=C\C/C=C\C/C=C\C/C=C\CCCCC(=O)NC(COC1OC(CO)C(OC2OC(CO)C(O)C(O)C2O)C(O)C1O)C(O)/C=C/CCCCCCCCCCCCC. The van der Waals surface area contributed by atoms with Crippen molar-refractivity contribution in [2.24, 2.45) is 0 Å². The lowest BCUT2D eigenvalue weighted by atomic mass is 9.97. The maximum absolute atomic E-state index is 13.2. The van der Waals surface area contributed by atoms with Crippen LogP contribution in [-0.2, 0) is 23.7 Å². The number of amides is 1. The molecule has 9 N–H and O–H groups in total. The van der Waals surface area contributed by atoms with Crippen molar-refractivity contribution in [3.63, 3.8) is 0 Å². The molecular weight excluding hydrogens is 943 g/mol. The zero-order chi connectivity index (χ0) is 53.9. The highest BCUT2D eigenvalue weighted by atomic mass is 16.7. The highest BCUT2D eigenvalue weighted by Gasteiger charge is 2.51. The molecule has 0 aliphatic carbocycles. The first-order chi connectivity index (χ1) is 36.1. The van der Waals surface area contributed by atoms with E-state index in [0.717, 1.165) is 89.9 Å². The van der Waals surface area contributed by atoms with Crippen LogP contribution in [0.25, 0.3) is 0 Å². The lowest BCUT2D eigenvalue weighted by Crippen LogP contribution is -2.65. The van der Waals surface area contributed by atoms with Crippen molar-refractivity contribution in [1.82, 2.24) is 5.32 Å². The Bertz CT molecular complexity index is 1650. The van der Waals surface area contributed by atoms with Crippen molar-refractivity contribution in [3.8, 4) is 0 Å². The van der Waals surface area contributed by atoms with Gasteiger partial charge in [0.15, 0.2) is 12.6 Å². The van der Waals surface area contributed by atoms with Crippen molar-refractivity contribution in [2.45, 2.75) is 242 Å². The highest BCUT2D eigenvalue weighted by molar-refractivity contribution is 5.76. The van der Waals surface area contributed by atoms with Crippen LogP contribution in [0.1, 0.15) is 168 Å². The Balaban J connectivity index is 1.80. The van der Waals surface area contributed by atoms with E-state index in [0.29, 0.717) is 6.42 Å². The van der Waals surface area contributed by atoms with Gasteiger partial charge in [-0.1, -0.05) is 187 Å². The van der Waals surface area contributed by atoms with Crippen LogP contribution in [0.3, 0.4) is 0 Å². The Hall–Kier alpha value is -3.35. The fourth-order valence-electron chi connectivity index (χ4n) is 8.42. The standard InChI is InChI=1S/C60H99NO13/c1-3-5-7-9-11-13-15-17-18-19-20-21-22-23-24-25-26-27-28-29-30-32-34-36-38-40-42-44-52(65)61-48(49(64)43-41-39-37-35-33-31-16-14-12-10-8-6-4-2)47-71-59-57(70)55(68)58(51(46-63)73-59)74-60-56(69)54(67)53(66)50(45-62)72-60/h5,7,11,13,17-18,20-21,23-24,26-27,29-30,34,36,41,43,48-51,53-60,62-64,66-70H,3-4,6,8-10,12,14-16,19,22,25,28,31-33,35,37-40,42,44-47H2,1-2H3,(H,61,65)/b7-5-,13-11-,18-17-,21-20-,24-23-,27-26-,30-29-,36-34-,43-41+. The summed E-state index contributed by atoms with van der Waals surface area (Å²) in [5.41, 5.74) is 0. The van der Waals surface area contributed by atoms with E-state index in [1.807, 2.05) is 6.08 Å². The summed E-state index contributed by atoms with van der Waals surface area (Å²) in [5, 5.41) is 86.9. The van der Waals surface area contributed by atoms with Gasteiger partial charge in [-0.25, -0.2) is 0 Å². The fourth-order valence-corrected chi connectivity index (χ4v) is 8.42. The van der Waals surface area contributed by atoms with Gasteiger partial charge in [-0.15, -0.1) is 0 Å². The van der Waals surface area contributed by atoms with Gasteiger partial charge >= 0.3 is 0 Å². The van der Waals surface area contributed by atoms with Gasteiger partial charge in [0.25, 0.3) is 0 Å². The maximum Gasteiger partial charge on any atom is 0.220 e. The lowest BCUT2D eigenvalue weighted by molar-refractivity contribution is -0.359. The van der Waals surface area contributed by atoms with E-state index >= 15 is 0 Å². The number of hydrogen-bond donors (Lipinski definition) is 9. The smallest absolute Gasteiger partial charge is 0.220 e. The Kier molecular flexibility index (Phi) is 40.4. The molecule has 0 aromatic rings. The van der Waals surface area contributed by atoms with Gasteiger partial charge in [0.1, 0.15) is 48.8 Å². The molecule has 2 fully saturated rings. The molecule has 0 saturated carbocycles. The van der Waals surface area contributed by atoms with E-state index in [4.69, 9.17) is 18.9 Å². The van der Waals surface area contributed by atoms with E-state index in [9.17, 15) is 45.6 Å². The van der Waals surface area contributed by atoms with Crippen molar-refractivity contribution >= 4 is 5.91 Å². The number of nitrogens with one attached hydrogen (secondary N) is 1. The average molecular weight is 1040 g/mol. The summed E-state index contributed by atoms with van der Waals surface area (Å²) in [5.74, 6) is -0.288. The number of aliphatic hydroxyl groups is 8. The van der Waals surface area contributed by atoms with Crippen LogP contribution in [0.4, 0.5) is 0 Å². The molecule has 0 bridgehead atoms. The third kappa shape index (κ3) is 30.4. The third-order valence-corrected chi connectivity index (χ3v) is 13.0. The number of carbonyl (C=O) groups excluding carboxylic acids is 1. The highest BCUT2D eigenvalue weighted by Crippen LogP contribution is 2.30. The largest absolute Gasteiger partial charge is 0.394 e. The first-order valence-corrected chi connectivity index (χ1v) is 28.1. The normalized spacial score (nSPS) is 26.1. The number of unbranched alkanes of at least 4 members (excludes halogenated alkanes) is 13. The van der Waals surface area contributed by atoms with Crippen molar-refractivity contribution < 1.29 is 64.6 Å². The first kappa shape index (κ1) is 66.8. The van der Waals surface area contributed by atoms with E-state index in [1.54, 1.807) is 6.08 Å².